The van der Waals surface area contributed by atoms with Gasteiger partial charge in [-0.05, 0) is 24.6 Å². The largest absolute Gasteiger partial charge is 0.343 e. The molecule has 1 aliphatic heterocycles. The number of hydrogen-bond donors (Lipinski definition) is 1. The van der Waals surface area contributed by atoms with Crippen molar-refractivity contribution in [3.05, 3.63) is 47.3 Å². The Kier molecular flexibility index (Phi) is 2.86. The lowest BCUT2D eigenvalue weighted by Gasteiger charge is -2.07. The summed E-state index contributed by atoms with van der Waals surface area (Å²) in [4.78, 5) is 16.3. The maximum atomic E-state index is 12.1. The zero-order valence-electron chi connectivity index (χ0n) is 10.8. The molecule has 1 amide bonds. The summed E-state index contributed by atoms with van der Waals surface area (Å²) in [5.74, 6) is -0.467. The van der Waals surface area contributed by atoms with Gasteiger partial charge in [0.05, 0.1) is 11.8 Å². The molecule has 0 aromatic carbocycles. The van der Waals surface area contributed by atoms with Crippen molar-refractivity contribution in [1.29, 1.82) is 0 Å². The highest BCUT2D eigenvalue weighted by Crippen LogP contribution is 2.12. The fraction of sp³-hybridized carbons (Fsp3) is 0.231. The first kappa shape index (κ1) is 12.9. The van der Waals surface area contributed by atoms with Gasteiger partial charge in [0.2, 0.25) is 0 Å². The molecule has 1 aliphatic rings. The molecule has 6 nitrogen and oxygen atoms in total. The second kappa shape index (κ2) is 4.45. The maximum absolute atomic E-state index is 12.1. The monoisotopic (exact) mass is 291 g/mol. The van der Waals surface area contributed by atoms with Crippen molar-refractivity contribution < 1.29 is 13.2 Å². The number of nitrogens with zero attached hydrogens (tertiary/aromatic N) is 2. The van der Waals surface area contributed by atoms with E-state index in [9.17, 15) is 13.2 Å². The highest BCUT2D eigenvalue weighted by molar-refractivity contribution is 7.94. The number of aryl methyl sites for hydroxylation is 1. The van der Waals surface area contributed by atoms with Crippen LogP contribution in [0.3, 0.4) is 0 Å². The van der Waals surface area contributed by atoms with Gasteiger partial charge in [0, 0.05) is 17.8 Å². The standard InChI is InChI=1S/C13H13N3O3S/c1-9-3-2-5-16-7-11(15-12(9)16)13(17)14-10-4-6-20(18,19)8-10/h2-7,10H,8H2,1H3,(H,14,17). The van der Waals surface area contributed by atoms with E-state index in [-0.39, 0.29) is 17.4 Å². The first-order chi connectivity index (χ1) is 9.44. The highest BCUT2D eigenvalue weighted by Gasteiger charge is 2.24. The van der Waals surface area contributed by atoms with Crippen molar-refractivity contribution in [3.8, 4) is 0 Å². The van der Waals surface area contributed by atoms with E-state index in [1.165, 1.54) is 6.08 Å². The van der Waals surface area contributed by atoms with Crippen LogP contribution in [0.4, 0.5) is 0 Å². The summed E-state index contributed by atoms with van der Waals surface area (Å²) in [5.41, 5.74) is 1.96. The number of amides is 1. The molecule has 20 heavy (non-hydrogen) atoms. The Morgan fingerprint density at radius 1 is 1.50 bits per heavy atom. The van der Waals surface area contributed by atoms with E-state index in [1.54, 1.807) is 10.6 Å². The summed E-state index contributed by atoms with van der Waals surface area (Å²) >= 11 is 0. The summed E-state index contributed by atoms with van der Waals surface area (Å²) in [6.45, 7) is 1.91. The van der Waals surface area contributed by atoms with Crippen LogP contribution in [0, 0.1) is 6.92 Å². The van der Waals surface area contributed by atoms with Crippen molar-refractivity contribution in [2.75, 3.05) is 5.75 Å². The molecule has 0 radical (unpaired) electrons. The normalized spacial score (nSPS) is 20.4. The molecule has 0 fully saturated rings. The smallest absolute Gasteiger partial charge is 0.272 e. The van der Waals surface area contributed by atoms with E-state index in [0.29, 0.717) is 5.65 Å². The van der Waals surface area contributed by atoms with Crippen LogP contribution in [-0.4, -0.2) is 35.5 Å². The quantitative estimate of drug-likeness (QED) is 0.882. The first-order valence-electron chi connectivity index (χ1n) is 6.11. The third-order valence-corrected chi connectivity index (χ3v) is 4.55. The molecular formula is C13H13N3O3S. The van der Waals surface area contributed by atoms with Crippen LogP contribution < -0.4 is 5.32 Å². The summed E-state index contributed by atoms with van der Waals surface area (Å²) in [5, 5.41) is 3.78. The third-order valence-electron chi connectivity index (χ3n) is 3.16. The van der Waals surface area contributed by atoms with Gasteiger partial charge < -0.3 is 9.72 Å². The van der Waals surface area contributed by atoms with Crippen LogP contribution in [0.1, 0.15) is 16.1 Å². The predicted octanol–water partition coefficient (Wildman–Crippen LogP) is 0.683. The molecule has 1 atom stereocenters. The molecule has 104 valence electrons. The van der Waals surface area contributed by atoms with E-state index in [4.69, 9.17) is 0 Å². The van der Waals surface area contributed by atoms with Gasteiger partial charge in [0.1, 0.15) is 11.3 Å². The van der Waals surface area contributed by atoms with Crippen molar-refractivity contribution in [2.45, 2.75) is 13.0 Å². The number of hydrogen-bond acceptors (Lipinski definition) is 4. The lowest BCUT2D eigenvalue weighted by molar-refractivity contribution is 0.0943. The number of aromatic nitrogens is 2. The van der Waals surface area contributed by atoms with Gasteiger partial charge in [0.25, 0.3) is 5.91 Å². The second-order valence-corrected chi connectivity index (χ2v) is 6.72. The minimum absolute atomic E-state index is 0.0921. The Hall–Kier alpha value is -2.15. The van der Waals surface area contributed by atoms with Gasteiger partial charge >= 0.3 is 0 Å². The molecule has 2 aromatic heterocycles. The number of sulfone groups is 1. The van der Waals surface area contributed by atoms with Gasteiger partial charge in [-0.3, -0.25) is 4.79 Å². The first-order valence-corrected chi connectivity index (χ1v) is 7.82. The molecule has 0 spiro atoms. The van der Waals surface area contributed by atoms with Gasteiger partial charge in [-0.25, -0.2) is 13.4 Å². The number of imidazole rings is 1. The lowest BCUT2D eigenvalue weighted by atomic mass is 10.3. The fourth-order valence-corrected chi connectivity index (χ4v) is 3.41. The van der Waals surface area contributed by atoms with Crippen LogP contribution in [0.15, 0.2) is 36.0 Å². The van der Waals surface area contributed by atoms with Crippen molar-refractivity contribution in [1.82, 2.24) is 14.7 Å². The number of pyridine rings is 1. The minimum atomic E-state index is -3.18. The summed E-state index contributed by atoms with van der Waals surface area (Å²) in [6.07, 6.45) is 4.92. The SMILES string of the molecule is Cc1cccn2cc(C(=O)NC3C=CS(=O)(=O)C3)nc12. The number of nitrogens with one attached hydrogen (secondary N) is 1. The minimum Gasteiger partial charge on any atom is -0.343 e. The Labute approximate surface area is 116 Å². The summed E-state index contributed by atoms with van der Waals surface area (Å²) in [6, 6.07) is 3.30. The number of carbonyl (C=O) groups excluding carboxylic acids is 1. The molecule has 1 unspecified atom stereocenters. The highest BCUT2D eigenvalue weighted by atomic mass is 32.2. The van der Waals surface area contributed by atoms with Crippen LogP contribution in [0.25, 0.3) is 5.65 Å². The Bertz CT molecular complexity index is 820. The molecule has 2 aromatic rings. The third kappa shape index (κ3) is 2.32. The van der Waals surface area contributed by atoms with Crippen molar-refractivity contribution in [2.24, 2.45) is 0 Å². The van der Waals surface area contributed by atoms with Crippen LogP contribution in [-0.2, 0) is 9.84 Å². The van der Waals surface area contributed by atoms with E-state index in [0.717, 1.165) is 11.0 Å². The second-order valence-electron chi connectivity index (χ2n) is 4.79. The van der Waals surface area contributed by atoms with Gasteiger partial charge in [-0.15, -0.1) is 0 Å². The Morgan fingerprint density at radius 2 is 2.30 bits per heavy atom. The maximum Gasteiger partial charge on any atom is 0.272 e. The van der Waals surface area contributed by atoms with Crippen LogP contribution >= 0.6 is 0 Å². The van der Waals surface area contributed by atoms with E-state index in [1.807, 2.05) is 25.3 Å². The summed E-state index contributed by atoms with van der Waals surface area (Å²) in [7, 11) is -3.18. The lowest BCUT2D eigenvalue weighted by Crippen LogP contribution is -2.35. The molecule has 1 N–H and O–H groups in total. The van der Waals surface area contributed by atoms with E-state index >= 15 is 0 Å². The zero-order valence-corrected chi connectivity index (χ0v) is 11.6. The molecule has 3 heterocycles. The average molecular weight is 291 g/mol. The van der Waals surface area contributed by atoms with Crippen molar-refractivity contribution in [3.63, 3.8) is 0 Å². The van der Waals surface area contributed by atoms with E-state index in [2.05, 4.69) is 10.3 Å². The molecular weight excluding hydrogens is 278 g/mol. The molecule has 0 saturated heterocycles. The zero-order chi connectivity index (χ0) is 14.3. The molecule has 0 saturated carbocycles. The predicted molar refractivity (Wildman–Crippen MR) is 74.1 cm³/mol. The molecule has 7 heteroatoms. The Morgan fingerprint density at radius 3 is 2.95 bits per heavy atom. The topological polar surface area (TPSA) is 80.5 Å². The van der Waals surface area contributed by atoms with Crippen LogP contribution in [0.2, 0.25) is 0 Å². The fourth-order valence-electron chi connectivity index (χ4n) is 2.17. The Balaban J connectivity index is 1.83. The molecule has 0 bridgehead atoms. The van der Waals surface area contributed by atoms with Crippen molar-refractivity contribution >= 4 is 21.4 Å². The molecule has 0 aliphatic carbocycles. The number of rotatable bonds is 2. The average Bonchev–Trinajstić information content (AvgIpc) is 2.94. The van der Waals surface area contributed by atoms with Crippen LogP contribution in [0.5, 0.6) is 0 Å². The van der Waals surface area contributed by atoms with Gasteiger partial charge in [-0.2, -0.15) is 0 Å². The number of fused-ring (bicyclic) bond motifs is 1. The van der Waals surface area contributed by atoms with Gasteiger partial charge in [-0.1, -0.05) is 6.07 Å². The summed E-state index contributed by atoms with van der Waals surface area (Å²) < 4.78 is 24.3. The number of carbonyl (C=O) groups is 1. The van der Waals surface area contributed by atoms with E-state index < -0.39 is 15.9 Å². The molecule has 3 rings (SSSR count). The van der Waals surface area contributed by atoms with Gasteiger partial charge in [0.15, 0.2) is 9.84 Å².